The predicted octanol–water partition coefficient (Wildman–Crippen LogP) is 14.2. The van der Waals surface area contributed by atoms with Crippen molar-refractivity contribution in [3.63, 3.8) is 0 Å². The van der Waals surface area contributed by atoms with Crippen molar-refractivity contribution in [2.24, 2.45) is 0 Å². The Hall–Kier alpha value is -7.16. The lowest BCUT2D eigenvalue weighted by Crippen LogP contribution is -2.32. The molecule has 2 aliphatic carbocycles. The quantitative estimate of drug-likeness (QED) is 0.182. The van der Waals surface area contributed by atoms with E-state index in [2.05, 4.69) is 193 Å². The predicted molar refractivity (Wildman–Crippen MR) is 228 cm³/mol. The van der Waals surface area contributed by atoms with Gasteiger partial charge >= 0.3 is 0 Å². The molecule has 2 nitrogen and oxygen atoms in total. The number of hydrogen-bond donors (Lipinski definition) is 0. The number of nitrogens with zero attached hydrogens (tertiary/aromatic N) is 1. The van der Waals surface area contributed by atoms with Crippen molar-refractivity contribution in [2.45, 2.75) is 5.41 Å². The summed E-state index contributed by atoms with van der Waals surface area (Å²) in [6.07, 6.45) is 0. The maximum absolute atomic E-state index is 6.29. The maximum Gasteiger partial charge on any atom is 0.135 e. The molecule has 0 saturated carbocycles. The summed E-state index contributed by atoms with van der Waals surface area (Å²) in [5.74, 6) is 0. The molecular formula is C53H33NO. The summed E-state index contributed by atoms with van der Waals surface area (Å²) in [6, 6.07) is 73.5. The Morgan fingerprint density at radius 1 is 0.364 bits per heavy atom. The summed E-state index contributed by atoms with van der Waals surface area (Å²) < 4.78 is 6.29. The Balaban J connectivity index is 1.20. The molecule has 9 aromatic carbocycles. The molecule has 1 atom stereocenters. The normalized spacial score (nSPS) is 15.0. The van der Waals surface area contributed by atoms with Gasteiger partial charge in [0.15, 0.2) is 0 Å². The third-order valence-corrected chi connectivity index (χ3v) is 12.1. The van der Waals surface area contributed by atoms with E-state index in [9.17, 15) is 0 Å². The van der Waals surface area contributed by atoms with Gasteiger partial charge in [0.25, 0.3) is 0 Å². The van der Waals surface area contributed by atoms with E-state index in [1.807, 2.05) is 12.1 Å². The van der Waals surface area contributed by atoms with Crippen molar-refractivity contribution in [3.05, 3.63) is 222 Å². The number of fused-ring (bicyclic) bond motifs is 12. The van der Waals surface area contributed by atoms with Gasteiger partial charge in [-0.1, -0.05) is 152 Å². The van der Waals surface area contributed by atoms with Crippen LogP contribution in [-0.2, 0) is 5.41 Å². The van der Waals surface area contributed by atoms with Gasteiger partial charge in [-0.25, -0.2) is 0 Å². The SMILES string of the molecule is c1ccc(-c2cccc3c2-c2ccc(N(c4ccccc4)c4ccc5oc6ccccc6c5c4)cc2C32c3ccccc3-c3cccc4cccc2c34)cc1. The van der Waals surface area contributed by atoms with Gasteiger partial charge in [0.1, 0.15) is 11.2 Å². The van der Waals surface area contributed by atoms with Gasteiger partial charge in [0, 0.05) is 27.8 Å². The highest BCUT2D eigenvalue weighted by molar-refractivity contribution is 6.09. The Bertz CT molecular complexity index is 3150. The number of furan rings is 1. The molecule has 2 aliphatic rings. The topological polar surface area (TPSA) is 16.4 Å². The van der Waals surface area contributed by atoms with E-state index in [-0.39, 0.29) is 0 Å². The van der Waals surface area contributed by atoms with Crippen molar-refractivity contribution < 1.29 is 4.42 Å². The smallest absolute Gasteiger partial charge is 0.135 e. The zero-order chi connectivity index (χ0) is 36.1. The summed E-state index contributed by atoms with van der Waals surface area (Å²) in [5.41, 5.74) is 17.4. The first-order valence-corrected chi connectivity index (χ1v) is 19.0. The standard InChI is InChI=1S/C53H33NO/c1-3-14-34(15-4-1)39-22-13-26-47-52(39)43-30-28-38(54(36-18-5-2-6-19-36)37-29-31-50-44(32-37)41-21-8-10-27-49(41)55-50)33-48(43)53(47)45-24-9-7-20-40(45)42-23-11-16-35-17-12-25-46(53)51(35)42/h1-33H. The highest BCUT2D eigenvalue weighted by Gasteiger charge is 2.51. The first-order chi connectivity index (χ1) is 27.3. The first-order valence-electron chi connectivity index (χ1n) is 19.0. The Labute approximate surface area is 319 Å². The number of hydrogen-bond acceptors (Lipinski definition) is 2. The van der Waals surface area contributed by atoms with Crippen LogP contribution in [0.5, 0.6) is 0 Å². The highest BCUT2D eigenvalue weighted by atomic mass is 16.3. The summed E-state index contributed by atoms with van der Waals surface area (Å²) in [6.45, 7) is 0. The van der Waals surface area contributed by atoms with Crippen LogP contribution in [0, 0.1) is 0 Å². The van der Waals surface area contributed by atoms with E-state index in [4.69, 9.17) is 4.42 Å². The second kappa shape index (κ2) is 11.4. The molecule has 1 unspecified atom stereocenters. The molecule has 12 rings (SSSR count). The number of benzene rings is 9. The van der Waals surface area contributed by atoms with E-state index < -0.39 is 5.41 Å². The molecule has 0 bridgehead atoms. The van der Waals surface area contributed by atoms with Crippen LogP contribution in [0.25, 0.3) is 66.1 Å². The average Bonchev–Trinajstić information content (AvgIpc) is 3.77. The molecule has 0 fully saturated rings. The van der Waals surface area contributed by atoms with Gasteiger partial charge in [0.05, 0.1) is 5.41 Å². The fourth-order valence-corrected chi connectivity index (χ4v) is 9.88. The third-order valence-electron chi connectivity index (χ3n) is 12.1. The van der Waals surface area contributed by atoms with Crippen molar-refractivity contribution >= 4 is 49.8 Å². The van der Waals surface area contributed by atoms with Crippen molar-refractivity contribution in [1.82, 2.24) is 0 Å². The van der Waals surface area contributed by atoms with Crippen LogP contribution in [0.3, 0.4) is 0 Å². The van der Waals surface area contributed by atoms with Crippen LogP contribution < -0.4 is 4.90 Å². The van der Waals surface area contributed by atoms with E-state index >= 15 is 0 Å². The van der Waals surface area contributed by atoms with Gasteiger partial charge in [-0.2, -0.15) is 0 Å². The molecule has 2 heteroatoms. The fourth-order valence-electron chi connectivity index (χ4n) is 9.88. The van der Waals surface area contributed by atoms with Crippen molar-refractivity contribution in [1.29, 1.82) is 0 Å². The zero-order valence-corrected chi connectivity index (χ0v) is 29.9. The van der Waals surface area contributed by atoms with Crippen LogP contribution >= 0.6 is 0 Å². The zero-order valence-electron chi connectivity index (χ0n) is 29.9. The van der Waals surface area contributed by atoms with Gasteiger partial charge in [0.2, 0.25) is 0 Å². The van der Waals surface area contributed by atoms with E-state index in [0.29, 0.717) is 0 Å². The first kappa shape index (κ1) is 30.3. The van der Waals surface area contributed by atoms with Gasteiger partial charge in [-0.15, -0.1) is 0 Å². The van der Waals surface area contributed by atoms with Crippen LogP contribution in [0.1, 0.15) is 22.3 Å². The molecular weight excluding hydrogens is 667 g/mol. The molecule has 1 spiro atoms. The summed E-state index contributed by atoms with van der Waals surface area (Å²) >= 11 is 0. The molecule has 1 aromatic heterocycles. The lowest BCUT2D eigenvalue weighted by Gasteiger charge is -2.40. The summed E-state index contributed by atoms with van der Waals surface area (Å²) in [5, 5.41) is 4.82. The summed E-state index contributed by atoms with van der Waals surface area (Å²) in [7, 11) is 0. The van der Waals surface area contributed by atoms with Crippen LogP contribution in [0.15, 0.2) is 205 Å². The molecule has 0 amide bonds. The number of rotatable bonds is 4. The van der Waals surface area contributed by atoms with E-state index in [0.717, 1.165) is 39.0 Å². The Kier molecular flexibility index (Phi) is 6.29. The molecule has 256 valence electrons. The van der Waals surface area contributed by atoms with Gasteiger partial charge in [-0.05, 0) is 115 Å². The minimum absolute atomic E-state index is 0.553. The average molecular weight is 700 g/mol. The minimum atomic E-state index is -0.553. The van der Waals surface area contributed by atoms with Crippen molar-refractivity contribution in [2.75, 3.05) is 4.90 Å². The fraction of sp³-hybridized carbons (Fsp3) is 0.0189. The van der Waals surface area contributed by atoms with Gasteiger partial charge in [-0.3, -0.25) is 0 Å². The molecule has 1 heterocycles. The minimum Gasteiger partial charge on any atom is -0.456 e. The maximum atomic E-state index is 6.29. The highest BCUT2D eigenvalue weighted by Crippen LogP contribution is 2.63. The number of anilines is 3. The molecule has 0 radical (unpaired) electrons. The molecule has 10 aromatic rings. The van der Waals surface area contributed by atoms with Crippen LogP contribution in [0.4, 0.5) is 17.1 Å². The van der Waals surface area contributed by atoms with Crippen LogP contribution in [-0.4, -0.2) is 0 Å². The number of para-hydroxylation sites is 2. The largest absolute Gasteiger partial charge is 0.456 e. The third kappa shape index (κ3) is 4.14. The van der Waals surface area contributed by atoms with Gasteiger partial charge < -0.3 is 9.32 Å². The second-order valence-corrected chi connectivity index (χ2v) is 14.8. The molecule has 55 heavy (non-hydrogen) atoms. The second-order valence-electron chi connectivity index (χ2n) is 14.8. The molecule has 0 aliphatic heterocycles. The summed E-state index contributed by atoms with van der Waals surface area (Å²) in [4.78, 5) is 2.40. The Morgan fingerprint density at radius 2 is 1.00 bits per heavy atom. The molecule has 0 saturated heterocycles. The monoisotopic (exact) mass is 699 g/mol. The molecule has 0 N–H and O–H groups in total. The van der Waals surface area contributed by atoms with Crippen LogP contribution in [0.2, 0.25) is 0 Å². The lowest BCUT2D eigenvalue weighted by atomic mass is 9.61. The van der Waals surface area contributed by atoms with E-state index in [1.54, 1.807) is 0 Å². The van der Waals surface area contributed by atoms with Crippen molar-refractivity contribution in [3.8, 4) is 33.4 Å². The van der Waals surface area contributed by atoms with E-state index in [1.165, 1.54) is 66.4 Å². The lowest BCUT2D eigenvalue weighted by molar-refractivity contribution is 0.669. The Morgan fingerprint density at radius 3 is 1.89 bits per heavy atom.